The molecule has 0 saturated heterocycles. The minimum absolute atomic E-state index is 0. The number of thiazole rings is 1. The molecule has 1 aromatic carbocycles. The van der Waals surface area contributed by atoms with Crippen LogP contribution in [0.1, 0.15) is 19.3 Å². The van der Waals surface area contributed by atoms with Gasteiger partial charge < -0.3 is 11.1 Å². The van der Waals surface area contributed by atoms with E-state index in [1.165, 1.54) is 11.3 Å². The molecular weight excluding hydrogens is 318 g/mol. The molecule has 22 heavy (non-hydrogen) atoms. The van der Waals surface area contributed by atoms with Gasteiger partial charge in [0, 0.05) is 16.9 Å². The monoisotopic (exact) mass is 337 g/mol. The van der Waals surface area contributed by atoms with Crippen molar-refractivity contribution < 1.29 is 4.79 Å². The average molecular weight is 338 g/mol. The summed E-state index contributed by atoms with van der Waals surface area (Å²) in [6.07, 6.45) is 3.08. The van der Waals surface area contributed by atoms with Crippen LogP contribution >= 0.6 is 23.7 Å². The number of rotatable bonds is 4. The number of halogens is 1. The fourth-order valence-corrected chi connectivity index (χ4v) is 3.66. The minimum atomic E-state index is 0. The first kappa shape index (κ1) is 16.9. The van der Waals surface area contributed by atoms with Crippen LogP contribution in [0, 0.1) is 11.8 Å². The molecule has 1 fully saturated rings. The first-order valence-corrected chi connectivity index (χ1v) is 8.18. The minimum Gasteiger partial charge on any atom is -0.330 e. The highest BCUT2D eigenvalue weighted by atomic mass is 35.5. The van der Waals surface area contributed by atoms with Gasteiger partial charge in [-0.2, -0.15) is 0 Å². The highest BCUT2D eigenvalue weighted by Gasteiger charge is 2.32. The predicted molar refractivity (Wildman–Crippen MR) is 93.3 cm³/mol. The molecule has 1 aromatic heterocycles. The lowest BCUT2D eigenvalue weighted by molar-refractivity contribution is -0.120. The maximum atomic E-state index is 12.3. The van der Waals surface area contributed by atoms with E-state index in [0.717, 1.165) is 30.5 Å². The Labute approximate surface area is 140 Å². The summed E-state index contributed by atoms with van der Waals surface area (Å²) < 4.78 is 0. The molecule has 0 bridgehead atoms. The average Bonchev–Trinajstić information content (AvgIpc) is 3.16. The van der Waals surface area contributed by atoms with E-state index in [9.17, 15) is 4.79 Å². The summed E-state index contributed by atoms with van der Waals surface area (Å²) in [5.74, 6) is 0.426. The number of nitrogens with two attached hydrogens (primary N) is 1. The van der Waals surface area contributed by atoms with Gasteiger partial charge in [0.05, 0.1) is 5.69 Å². The molecule has 1 aliphatic carbocycles. The van der Waals surface area contributed by atoms with Gasteiger partial charge >= 0.3 is 0 Å². The molecule has 2 aromatic rings. The van der Waals surface area contributed by atoms with Crippen LogP contribution in [0.3, 0.4) is 0 Å². The van der Waals surface area contributed by atoms with Crippen molar-refractivity contribution >= 4 is 34.8 Å². The second kappa shape index (κ2) is 7.72. The molecular formula is C16H20ClN3OS. The van der Waals surface area contributed by atoms with Gasteiger partial charge in [0.2, 0.25) is 5.91 Å². The van der Waals surface area contributed by atoms with E-state index in [1.807, 2.05) is 35.7 Å². The Morgan fingerprint density at radius 1 is 1.32 bits per heavy atom. The molecule has 118 valence electrons. The van der Waals surface area contributed by atoms with Gasteiger partial charge in [0.15, 0.2) is 5.13 Å². The lowest BCUT2D eigenvalue weighted by Gasteiger charge is -2.16. The fourth-order valence-electron chi connectivity index (χ4n) is 2.93. The van der Waals surface area contributed by atoms with Crippen molar-refractivity contribution in [1.82, 2.24) is 4.98 Å². The van der Waals surface area contributed by atoms with Crippen LogP contribution in [0.15, 0.2) is 35.7 Å². The SMILES string of the molecule is Cl.NC[C@H]1CCC[C@H]1C(=O)Nc1nc(-c2ccccc2)cs1. The zero-order valence-electron chi connectivity index (χ0n) is 12.2. The molecule has 1 heterocycles. The molecule has 3 N–H and O–H groups in total. The van der Waals surface area contributed by atoms with Crippen molar-refractivity contribution in [2.45, 2.75) is 19.3 Å². The summed E-state index contributed by atoms with van der Waals surface area (Å²) in [6, 6.07) is 9.98. The number of nitrogens with one attached hydrogen (secondary N) is 1. The van der Waals surface area contributed by atoms with Crippen molar-refractivity contribution in [3.05, 3.63) is 35.7 Å². The summed E-state index contributed by atoms with van der Waals surface area (Å²) in [5.41, 5.74) is 7.71. The Kier molecular flexibility index (Phi) is 5.94. The van der Waals surface area contributed by atoms with Gasteiger partial charge in [-0.15, -0.1) is 23.7 Å². The van der Waals surface area contributed by atoms with E-state index in [1.54, 1.807) is 0 Å². The Balaban J connectivity index is 0.00000176. The number of carbonyl (C=O) groups is 1. The third-order valence-electron chi connectivity index (χ3n) is 4.10. The summed E-state index contributed by atoms with van der Waals surface area (Å²) in [5, 5.41) is 5.59. The van der Waals surface area contributed by atoms with Crippen LogP contribution in [0.2, 0.25) is 0 Å². The summed E-state index contributed by atoms with van der Waals surface area (Å²) >= 11 is 1.47. The van der Waals surface area contributed by atoms with Gasteiger partial charge in [0.25, 0.3) is 0 Å². The molecule has 1 aliphatic rings. The molecule has 0 aliphatic heterocycles. The molecule has 1 amide bonds. The Morgan fingerprint density at radius 3 is 2.82 bits per heavy atom. The van der Waals surface area contributed by atoms with Gasteiger partial charge in [-0.25, -0.2) is 4.98 Å². The first-order chi connectivity index (χ1) is 10.3. The number of aromatic nitrogens is 1. The highest BCUT2D eigenvalue weighted by Crippen LogP contribution is 2.32. The number of amides is 1. The molecule has 4 nitrogen and oxygen atoms in total. The van der Waals surface area contributed by atoms with Crippen LogP contribution in [-0.2, 0) is 4.79 Å². The smallest absolute Gasteiger partial charge is 0.229 e. The van der Waals surface area contributed by atoms with Crippen molar-refractivity contribution in [2.24, 2.45) is 17.6 Å². The highest BCUT2D eigenvalue weighted by molar-refractivity contribution is 7.14. The third-order valence-corrected chi connectivity index (χ3v) is 4.86. The quantitative estimate of drug-likeness (QED) is 0.896. The molecule has 6 heteroatoms. The summed E-state index contributed by atoms with van der Waals surface area (Å²) in [4.78, 5) is 16.8. The van der Waals surface area contributed by atoms with Gasteiger partial charge in [-0.05, 0) is 25.3 Å². The van der Waals surface area contributed by atoms with E-state index in [4.69, 9.17) is 5.73 Å². The zero-order valence-corrected chi connectivity index (χ0v) is 13.8. The fraction of sp³-hybridized carbons (Fsp3) is 0.375. The number of benzene rings is 1. The van der Waals surface area contributed by atoms with Crippen molar-refractivity contribution in [2.75, 3.05) is 11.9 Å². The van der Waals surface area contributed by atoms with Crippen molar-refractivity contribution in [3.8, 4) is 11.3 Å². The molecule has 0 unspecified atom stereocenters. The third kappa shape index (κ3) is 3.66. The van der Waals surface area contributed by atoms with Crippen LogP contribution in [0.5, 0.6) is 0 Å². The molecule has 1 saturated carbocycles. The zero-order chi connectivity index (χ0) is 14.7. The van der Waals surface area contributed by atoms with Gasteiger partial charge in [-0.1, -0.05) is 36.8 Å². The second-order valence-corrected chi connectivity index (χ2v) is 6.28. The maximum absolute atomic E-state index is 12.3. The van der Waals surface area contributed by atoms with Crippen molar-refractivity contribution in [1.29, 1.82) is 0 Å². The van der Waals surface area contributed by atoms with E-state index >= 15 is 0 Å². The van der Waals surface area contributed by atoms with Crippen molar-refractivity contribution in [3.63, 3.8) is 0 Å². The molecule has 3 rings (SSSR count). The number of anilines is 1. The number of carbonyl (C=O) groups excluding carboxylic acids is 1. The Hall–Kier alpha value is -1.43. The van der Waals surface area contributed by atoms with E-state index in [-0.39, 0.29) is 24.2 Å². The van der Waals surface area contributed by atoms with E-state index in [0.29, 0.717) is 17.6 Å². The standard InChI is InChI=1S/C16H19N3OS.ClH/c17-9-12-7-4-8-13(12)15(20)19-16-18-14(10-21-16)11-5-2-1-3-6-11;/h1-3,5-6,10,12-13H,4,7-9,17H2,(H,18,19,20);1H/t12-,13-;/m1./s1. The normalized spacial score (nSPS) is 20.4. The Morgan fingerprint density at radius 2 is 2.09 bits per heavy atom. The topological polar surface area (TPSA) is 68.0 Å². The molecule has 2 atom stereocenters. The summed E-state index contributed by atoms with van der Waals surface area (Å²) in [7, 11) is 0. The second-order valence-electron chi connectivity index (χ2n) is 5.43. The van der Waals surface area contributed by atoms with Crippen LogP contribution in [-0.4, -0.2) is 17.4 Å². The van der Waals surface area contributed by atoms with E-state index in [2.05, 4.69) is 10.3 Å². The van der Waals surface area contributed by atoms with Crippen LogP contribution in [0.4, 0.5) is 5.13 Å². The van der Waals surface area contributed by atoms with Gasteiger partial charge in [-0.3, -0.25) is 4.79 Å². The predicted octanol–water partition coefficient (Wildman–Crippen LogP) is 3.55. The van der Waals surface area contributed by atoms with Crippen LogP contribution in [0.25, 0.3) is 11.3 Å². The maximum Gasteiger partial charge on any atom is 0.229 e. The number of hydrogen-bond acceptors (Lipinski definition) is 4. The largest absolute Gasteiger partial charge is 0.330 e. The number of hydrogen-bond donors (Lipinski definition) is 2. The van der Waals surface area contributed by atoms with Crippen LogP contribution < -0.4 is 11.1 Å². The summed E-state index contributed by atoms with van der Waals surface area (Å²) in [6.45, 7) is 0.589. The Bertz CT molecular complexity index is 617. The van der Waals surface area contributed by atoms with E-state index < -0.39 is 0 Å². The number of nitrogens with zero attached hydrogens (tertiary/aromatic N) is 1. The first-order valence-electron chi connectivity index (χ1n) is 7.30. The molecule has 0 radical (unpaired) electrons. The molecule has 0 spiro atoms. The van der Waals surface area contributed by atoms with Gasteiger partial charge in [0.1, 0.15) is 0 Å². The lowest BCUT2D eigenvalue weighted by atomic mass is 9.95. The lowest BCUT2D eigenvalue weighted by Crippen LogP contribution is -2.29.